The van der Waals surface area contributed by atoms with E-state index in [1.807, 2.05) is 0 Å². The highest BCUT2D eigenvalue weighted by Crippen LogP contribution is 2.24. The molecule has 2 fully saturated rings. The van der Waals surface area contributed by atoms with Gasteiger partial charge in [0.1, 0.15) is 0 Å². The van der Waals surface area contributed by atoms with E-state index in [0.717, 1.165) is 18.4 Å². The third-order valence-electron chi connectivity index (χ3n) is 4.75. The molecular formula is C16H32N2O. The van der Waals surface area contributed by atoms with Crippen LogP contribution in [0.5, 0.6) is 0 Å². The van der Waals surface area contributed by atoms with E-state index in [0.29, 0.717) is 12.6 Å². The molecule has 0 spiro atoms. The lowest BCUT2D eigenvalue weighted by Crippen LogP contribution is -2.51. The van der Waals surface area contributed by atoms with Crippen molar-refractivity contribution >= 4 is 0 Å². The minimum atomic E-state index is 0.352. The largest absolute Gasteiger partial charge is 0.396 e. The molecule has 2 aliphatic rings. The molecule has 0 aromatic rings. The molecule has 2 atom stereocenters. The first-order valence-corrected chi connectivity index (χ1v) is 8.41. The second kappa shape index (κ2) is 8.23. The molecule has 3 nitrogen and oxygen atoms in total. The predicted octanol–water partition coefficient (Wildman–Crippen LogP) is 2.39. The lowest BCUT2D eigenvalue weighted by atomic mass is 9.90. The van der Waals surface area contributed by atoms with Gasteiger partial charge in [0.05, 0.1) is 0 Å². The maximum Gasteiger partial charge on any atom is 0.0431 e. The van der Waals surface area contributed by atoms with Crippen molar-refractivity contribution in [1.29, 1.82) is 0 Å². The second-order valence-electron chi connectivity index (χ2n) is 6.57. The van der Waals surface area contributed by atoms with Crippen LogP contribution in [-0.4, -0.2) is 48.3 Å². The van der Waals surface area contributed by atoms with Gasteiger partial charge in [-0.1, -0.05) is 19.8 Å². The van der Waals surface area contributed by atoms with Gasteiger partial charge >= 0.3 is 0 Å². The highest BCUT2D eigenvalue weighted by atomic mass is 16.2. The second-order valence-corrected chi connectivity index (χ2v) is 6.57. The smallest absolute Gasteiger partial charge is 0.0431 e. The quantitative estimate of drug-likeness (QED) is 0.744. The van der Waals surface area contributed by atoms with E-state index in [-0.39, 0.29) is 0 Å². The van der Waals surface area contributed by atoms with Gasteiger partial charge in [0.25, 0.3) is 0 Å². The fourth-order valence-electron chi connectivity index (χ4n) is 3.94. The van der Waals surface area contributed by atoms with Crippen LogP contribution >= 0.6 is 0 Å². The molecule has 2 unspecified atom stereocenters. The standard InChI is InChI=1S/C16H32N2O/c1-2-9-18-12-14(6-5-10-19)11-16(13-18)17-15-7-3-4-8-15/h14-17,19H,2-13H2,1H3. The number of nitrogens with zero attached hydrogens (tertiary/aromatic N) is 1. The summed E-state index contributed by atoms with van der Waals surface area (Å²) in [6.45, 7) is 6.34. The summed E-state index contributed by atoms with van der Waals surface area (Å²) in [5.41, 5.74) is 0. The van der Waals surface area contributed by atoms with Gasteiger partial charge in [0.15, 0.2) is 0 Å². The fourth-order valence-corrected chi connectivity index (χ4v) is 3.94. The highest BCUT2D eigenvalue weighted by molar-refractivity contribution is 4.87. The number of likely N-dealkylation sites (tertiary alicyclic amines) is 1. The minimum absolute atomic E-state index is 0.352. The molecule has 112 valence electrons. The molecule has 1 aliphatic carbocycles. The molecule has 1 aliphatic heterocycles. The average molecular weight is 268 g/mol. The summed E-state index contributed by atoms with van der Waals surface area (Å²) in [6.07, 6.45) is 10.3. The van der Waals surface area contributed by atoms with E-state index in [1.54, 1.807) is 0 Å². The van der Waals surface area contributed by atoms with Crippen molar-refractivity contribution in [1.82, 2.24) is 10.2 Å². The Morgan fingerprint density at radius 3 is 2.63 bits per heavy atom. The summed E-state index contributed by atoms with van der Waals surface area (Å²) in [6, 6.07) is 1.47. The molecule has 1 saturated carbocycles. The maximum absolute atomic E-state index is 9.03. The van der Waals surface area contributed by atoms with E-state index in [4.69, 9.17) is 5.11 Å². The summed E-state index contributed by atoms with van der Waals surface area (Å²) in [5, 5.41) is 12.9. The van der Waals surface area contributed by atoms with Gasteiger partial charge in [-0.25, -0.2) is 0 Å². The Morgan fingerprint density at radius 2 is 1.95 bits per heavy atom. The van der Waals surface area contributed by atoms with Crippen molar-refractivity contribution < 1.29 is 5.11 Å². The average Bonchev–Trinajstić information content (AvgIpc) is 2.89. The molecule has 1 heterocycles. The third kappa shape index (κ3) is 5.05. The van der Waals surface area contributed by atoms with E-state index < -0.39 is 0 Å². The van der Waals surface area contributed by atoms with Crippen molar-refractivity contribution in [2.75, 3.05) is 26.2 Å². The first kappa shape index (κ1) is 15.3. The summed E-state index contributed by atoms with van der Waals surface area (Å²) in [7, 11) is 0. The Kier molecular flexibility index (Phi) is 6.62. The monoisotopic (exact) mass is 268 g/mol. The molecule has 0 aromatic carbocycles. The van der Waals surface area contributed by atoms with Crippen molar-refractivity contribution in [3.05, 3.63) is 0 Å². The molecule has 1 saturated heterocycles. The Hall–Kier alpha value is -0.120. The van der Waals surface area contributed by atoms with Crippen LogP contribution in [0.1, 0.15) is 58.3 Å². The van der Waals surface area contributed by atoms with Crippen LogP contribution < -0.4 is 5.32 Å². The Labute approximate surface area is 118 Å². The molecule has 3 heteroatoms. The number of piperidine rings is 1. The SMILES string of the molecule is CCCN1CC(CCCO)CC(NC2CCCC2)C1. The summed E-state index contributed by atoms with van der Waals surface area (Å²) in [4.78, 5) is 2.64. The Balaban J connectivity index is 1.81. The summed E-state index contributed by atoms with van der Waals surface area (Å²) < 4.78 is 0. The van der Waals surface area contributed by atoms with Gasteiger partial charge in [-0.3, -0.25) is 0 Å². The molecule has 2 rings (SSSR count). The van der Waals surface area contributed by atoms with Crippen LogP contribution in [0.25, 0.3) is 0 Å². The Bertz CT molecular complexity index is 241. The van der Waals surface area contributed by atoms with Crippen LogP contribution in [0, 0.1) is 5.92 Å². The van der Waals surface area contributed by atoms with Crippen molar-refractivity contribution in [2.45, 2.75) is 70.4 Å². The normalized spacial score (nSPS) is 30.0. The number of nitrogens with one attached hydrogen (secondary N) is 1. The van der Waals surface area contributed by atoms with Crippen molar-refractivity contribution in [3.8, 4) is 0 Å². The zero-order valence-corrected chi connectivity index (χ0v) is 12.6. The number of hydrogen-bond acceptors (Lipinski definition) is 3. The van der Waals surface area contributed by atoms with Gasteiger partial charge < -0.3 is 15.3 Å². The maximum atomic E-state index is 9.03. The first-order valence-electron chi connectivity index (χ1n) is 8.41. The van der Waals surface area contributed by atoms with Crippen LogP contribution in [0.4, 0.5) is 0 Å². The number of aliphatic hydroxyl groups excluding tert-OH is 1. The molecule has 0 aromatic heterocycles. The van der Waals surface area contributed by atoms with Gasteiger partial charge in [-0.15, -0.1) is 0 Å². The van der Waals surface area contributed by atoms with Crippen LogP contribution in [0.3, 0.4) is 0 Å². The van der Waals surface area contributed by atoms with E-state index in [9.17, 15) is 0 Å². The number of rotatable bonds is 7. The summed E-state index contributed by atoms with van der Waals surface area (Å²) >= 11 is 0. The van der Waals surface area contributed by atoms with Crippen LogP contribution in [0.15, 0.2) is 0 Å². The lowest BCUT2D eigenvalue weighted by Gasteiger charge is -2.39. The van der Waals surface area contributed by atoms with E-state index >= 15 is 0 Å². The highest BCUT2D eigenvalue weighted by Gasteiger charge is 2.28. The first-order chi connectivity index (χ1) is 9.31. The van der Waals surface area contributed by atoms with Gasteiger partial charge in [0.2, 0.25) is 0 Å². The van der Waals surface area contributed by atoms with Crippen molar-refractivity contribution in [3.63, 3.8) is 0 Å². The third-order valence-corrected chi connectivity index (χ3v) is 4.75. The van der Waals surface area contributed by atoms with Gasteiger partial charge in [-0.05, 0) is 51.0 Å². The van der Waals surface area contributed by atoms with Crippen molar-refractivity contribution in [2.24, 2.45) is 5.92 Å². The number of hydrogen-bond donors (Lipinski definition) is 2. The van der Waals surface area contributed by atoms with Gasteiger partial charge in [0, 0.05) is 31.8 Å². The molecule has 0 amide bonds. The molecule has 19 heavy (non-hydrogen) atoms. The van der Waals surface area contributed by atoms with Crippen LogP contribution in [0.2, 0.25) is 0 Å². The molecule has 2 N–H and O–H groups in total. The summed E-state index contributed by atoms with van der Waals surface area (Å²) in [5.74, 6) is 0.784. The Morgan fingerprint density at radius 1 is 1.16 bits per heavy atom. The zero-order chi connectivity index (χ0) is 13.5. The lowest BCUT2D eigenvalue weighted by molar-refractivity contribution is 0.124. The fraction of sp³-hybridized carbons (Fsp3) is 1.00. The van der Waals surface area contributed by atoms with E-state index in [1.165, 1.54) is 64.6 Å². The number of aliphatic hydroxyl groups is 1. The van der Waals surface area contributed by atoms with Gasteiger partial charge in [-0.2, -0.15) is 0 Å². The van der Waals surface area contributed by atoms with Crippen LogP contribution in [-0.2, 0) is 0 Å². The molecular weight excluding hydrogens is 236 g/mol. The van der Waals surface area contributed by atoms with E-state index in [2.05, 4.69) is 17.1 Å². The topological polar surface area (TPSA) is 35.5 Å². The molecule has 0 bridgehead atoms. The predicted molar refractivity (Wildman–Crippen MR) is 80.3 cm³/mol. The zero-order valence-electron chi connectivity index (χ0n) is 12.6. The minimum Gasteiger partial charge on any atom is -0.396 e. The molecule has 0 radical (unpaired) electrons.